The standard InChI is InChI=1S/C21H24N2O3/c1-2-16-8-10-18(11-9-16)22-20(24)14-19-21(25)26-13-12-23(19)15-17-6-4-3-5-7-17/h3-11,19H,2,12-15H2,1H3,(H,22,24)/t19-/m0/s1. The first kappa shape index (κ1) is 18.1. The third-order valence-corrected chi connectivity index (χ3v) is 4.59. The summed E-state index contributed by atoms with van der Waals surface area (Å²) in [5, 5.41) is 2.87. The van der Waals surface area contributed by atoms with Crippen LogP contribution in [0.3, 0.4) is 0 Å². The number of carbonyl (C=O) groups excluding carboxylic acids is 2. The van der Waals surface area contributed by atoms with Crippen molar-refractivity contribution >= 4 is 17.6 Å². The lowest BCUT2D eigenvalue weighted by molar-refractivity contribution is -0.159. The van der Waals surface area contributed by atoms with Crippen LogP contribution < -0.4 is 5.32 Å². The third kappa shape index (κ3) is 4.70. The second-order valence-electron chi connectivity index (χ2n) is 6.44. The molecular weight excluding hydrogens is 328 g/mol. The Kier molecular flexibility index (Phi) is 6.02. The summed E-state index contributed by atoms with van der Waals surface area (Å²) < 4.78 is 5.18. The lowest BCUT2D eigenvalue weighted by Crippen LogP contribution is -2.49. The maximum absolute atomic E-state index is 12.4. The number of anilines is 1. The highest BCUT2D eigenvalue weighted by atomic mass is 16.5. The highest BCUT2D eigenvalue weighted by Gasteiger charge is 2.33. The van der Waals surface area contributed by atoms with E-state index in [1.807, 2.05) is 59.5 Å². The molecule has 0 radical (unpaired) electrons. The van der Waals surface area contributed by atoms with Crippen molar-refractivity contribution in [2.75, 3.05) is 18.5 Å². The highest BCUT2D eigenvalue weighted by molar-refractivity contribution is 5.94. The average Bonchev–Trinajstić information content (AvgIpc) is 2.66. The average molecular weight is 352 g/mol. The minimum Gasteiger partial charge on any atom is -0.463 e. The van der Waals surface area contributed by atoms with Crippen molar-refractivity contribution in [3.05, 3.63) is 65.7 Å². The summed E-state index contributed by atoms with van der Waals surface area (Å²) in [4.78, 5) is 26.7. The lowest BCUT2D eigenvalue weighted by Gasteiger charge is -2.33. The molecule has 2 aromatic rings. The Labute approximate surface area is 154 Å². The van der Waals surface area contributed by atoms with E-state index in [2.05, 4.69) is 12.2 Å². The van der Waals surface area contributed by atoms with E-state index in [4.69, 9.17) is 4.74 Å². The summed E-state index contributed by atoms with van der Waals surface area (Å²) in [7, 11) is 0. The van der Waals surface area contributed by atoms with Crippen molar-refractivity contribution in [1.29, 1.82) is 0 Å². The molecule has 0 aliphatic carbocycles. The Morgan fingerprint density at radius 2 is 1.85 bits per heavy atom. The van der Waals surface area contributed by atoms with Gasteiger partial charge in [-0.1, -0.05) is 49.4 Å². The zero-order valence-corrected chi connectivity index (χ0v) is 15.0. The maximum atomic E-state index is 12.4. The first-order valence-corrected chi connectivity index (χ1v) is 8.99. The number of cyclic esters (lactones) is 1. The summed E-state index contributed by atoms with van der Waals surface area (Å²) in [6, 6.07) is 17.1. The molecule has 3 rings (SSSR count). The van der Waals surface area contributed by atoms with Crippen LogP contribution in [-0.4, -0.2) is 36.0 Å². The molecule has 2 aromatic carbocycles. The van der Waals surface area contributed by atoms with E-state index in [9.17, 15) is 9.59 Å². The quantitative estimate of drug-likeness (QED) is 0.812. The number of ether oxygens (including phenoxy) is 1. The fourth-order valence-corrected chi connectivity index (χ4v) is 3.10. The maximum Gasteiger partial charge on any atom is 0.323 e. The predicted octanol–water partition coefficient (Wildman–Crippen LogP) is 3.01. The first-order chi connectivity index (χ1) is 12.7. The van der Waals surface area contributed by atoms with Crippen LogP contribution in [0.2, 0.25) is 0 Å². The number of esters is 1. The minimum atomic E-state index is -0.557. The van der Waals surface area contributed by atoms with Gasteiger partial charge >= 0.3 is 5.97 Å². The van der Waals surface area contributed by atoms with Crippen molar-refractivity contribution in [2.45, 2.75) is 32.4 Å². The molecule has 0 aromatic heterocycles. The first-order valence-electron chi connectivity index (χ1n) is 8.99. The van der Waals surface area contributed by atoms with Gasteiger partial charge in [-0.3, -0.25) is 14.5 Å². The number of carbonyl (C=O) groups is 2. The molecule has 1 aliphatic heterocycles. The number of nitrogens with zero attached hydrogens (tertiary/aromatic N) is 1. The van der Waals surface area contributed by atoms with Crippen molar-refractivity contribution in [3.63, 3.8) is 0 Å². The number of benzene rings is 2. The second-order valence-corrected chi connectivity index (χ2v) is 6.44. The Morgan fingerprint density at radius 1 is 1.12 bits per heavy atom. The lowest BCUT2D eigenvalue weighted by atomic mass is 10.1. The molecule has 1 saturated heterocycles. The molecule has 0 bridgehead atoms. The second kappa shape index (κ2) is 8.63. The van der Waals surface area contributed by atoms with E-state index in [0.29, 0.717) is 19.7 Å². The van der Waals surface area contributed by atoms with Crippen LogP contribution in [0.5, 0.6) is 0 Å². The fourth-order valence-electron chi connectivity index (χ4n) is 3.10. The number of hydrogen-bond donors (Lipinski definition) is 1. The Morgan fingerprint density at radius 3 is 2.54 bits per heavy atom. The van der Waals surface area contributed by atoms with Gasteiger partial charge in [-0.15, -0.1) is 0 Å². The molecule has 1 amide bonds. The van der Waals surface area contributed by atoms with Gasteiger partial charge in [0.25, 0.3) is 0 Å². The molecule has 1 aliphatic rings. The van der Waals surface area contributed by atoms with E-state index in [-0.39, 0.29) is 18.3 Å². The van der Waals surface area contributed by atoms with Gasteiger partial charge < -0.3 is 10.1 Å². The molecule has 5 nitrogen and oxygen atoms in total. The van der Waals surface area contributed by atoms with Gasteiger partial charge in [0.15, 0.2) is 0 Å². The summed E-state index contributed by atoms with van der Waals surface area (Å²) in [5.74, 6) is -0.514. The van der Waals surface area contributed by atoms with Crippen LogP contribution in [0.15, 0.2) is 54.6 Å². The number of amides is 1. The van der Waals surface area contributed by atoms with Gasteiger partial charge in [0, 0.05) is 18.8 Å². The molecule has 1 atom stereocenters. The zero-order valence-electron chi connectivity index (χ0n) is 15.0. The molecule has 5 heteroatoms. The van der Waals surface area contributed by atoms with E-state index in [0.717, 1.165) is 17.7 Å². The predicted molar refractivity (Wildman–Crippen MR) is 101 cm³/mol. The largest absolute Gasteiger partial charge is 0.463 e. The Bertz CT molecular complexity index is 744. The molecule has 136 valence electrons. The number of hydrogen-bond acceptors (Lipinski definition) is 4. The van der Waals surface area contributed by atoms with E-state index in [1.54, 1.807) is 0 Å². The van der Waals surface area contributed by atoms with Crippen LogP contribution in [0, 0.1) is 0 Å². The van der Waals surface area contributed by atoms with Gasteiger partial charge in [-0.2, -0.15) is 0 Å². The van der Waals surface area contributed by atoms with Crippen LogP contribution in [0.4, 0.5) is 5.69 Å². The van der Waals surface area contributed by atoms with Crippen molar-refractivity contribution < 1.29 is 14.3 Å². The van der Waals surface area contributed by atoms with E-state index in [1.165, 1.54) is 5.56 Å². The fraction of sp³-hybridized carbons (Fsp3) is 0.333. The molecule has 26 heavy (non-hydrogen) atoms. The van der Waals surface area contributed by atoms with Crippen molar-refractivity contribution in [3.8, 4) is 0 Å². The van der Waals surface area contributed by atoms with Gasteiger partial charge in [0.1, 0.15) is 12.6 Å². The van der Waals surface area contributed by atoms with Crippen molar-refractivity contribution in [1.82, 2.24) is 4.90 Å². The minimum absolute atomic E-state index is 0.0845. The van der Waals surface area contributed by atoms with Crippen LogP contribution >= 0.6 is 0 Å². The van der Waals surface area contributed by atoms with Gasteiger partial charge in [-0.05, 0) is 29.7 Å². The van der Waals surface area contributed by atoms with E-state index < -0.39 is 6.04 Å². The highest BCUT2D eigenvalue weighted by Crippen LogP contribution is 2.17. The number of morpholine rings is 1. The monoisotopic (exact) mass is 352 g/mol. The molecule has 1 N–H and O–H groups in total. The summed E-state index contributed by atoms with van der Waals surface area (Å²) in [6.07, 6.45) is 1.04. The smallest absolute Gasteiger partial charge is 0.323 e. The van der Waals surface area contributed by atoms with Gasteiger partial charge in [-0.25, -0.2) is 0 Å². The topological polar surface area (TPSA) is 58.6 Å². The molecule has 0 spiro atoms. The zero-order chi connectivity index (χ0) is 18.4. The molecule has 1 heterocycles. The van der Waals surface area contributed by atoms with Gasteiger partial charge in [0.05, 0.1) is 6.42 Å². The Hall–Kier alpha value is -2.66. The van der Waals surface area contributed by atoms with Gasteiger partial charge in [0.2, 0.25) is 5.91 Å². The summed E-state index contributed by atoms with van der Waals surface area (Å²) >= 11 is 0. The van der Waals surface area contributed by atoms with Crippen LogP contribution in [0.25, 0.3) is 0 Å². The number of nitrogens with one attached hydrogen (secondary N) is 1. The summed E-state index contributed by atoms with van der Waals surface area (Å²) in [6.45, 7) is 3.70. The van der Waals surface area contributed by atoms with Crippen LogP contribution in [0.1, 0.15) is 24.5 Å². The SMILES string of the molecule is CCc1ccc(NC(=O)C[C@H]2C(=O)OCCN2Cc2ccccc2)cc1. The molecular formula is C21H24N2O3. The third-order valence-electron chi connectivity index (χ3n) is 4.59. The molecule has 0 saturated carbocycles. The van der Waals surface area contributed by atoms with E-state index >= 15 is 0 Å². The summed E-state index contributed by atoms with van der Waals surface area (Å²) in [5.41, 5.74) is 3.07. The number of aryl methyl sites for hydroxylation is 1. The molecule has 1 fully saturated rings. The normalized spacial score (nSPS) is 17.6. The Balaban J connectivity index is 1.63. The van der Waals surface area contributed by atoms with Crippen LogP contribution in [-0.2, 0) is 27.3 Å². The number of rotatable bonds is 6. The molecule has 0 unspecified atom stereocenters. The van der Waals surface area contributed by atoms with Crippen molar-refractivity contribution in [2.24, 2.45) is 0 Å².